The van der Waals surface area contributed by atoms with Gasteiger partial charge >= 0.3 is 0 Å². The van der Waals surface area contributed by atoms with Gasteiger partial charge in [0, 0.05) is 23.3 Å². The zero-order valence-electron chi connectivity index (χ0n) is 11.4. The fourth-order valence-electron chi connectivity index (χ4n) is 1.76. The first-order chi connectivity index (χ1) is 10.0. The van der Waals surface area contributed by atoms with Crippen LogP contribution in [0.15, 0.2) is 34.9 Å². The highest BCUT2D eigenvalue weighted by Gasteiger charge is 2.14. The van der Waals surface area contributed by atoms with Gasteiger partial charge in [0.05, 0.1) is 18.9 Å². The molecule has 0 saturated heterocycles. The van der Waals surface area contributed by atoms with Gasteiger partial charge in [0.25, 0.3) is 5.91 Å². The van der Waals surface area contributed by atoms with Crippen molar-refractivity contribution in [3.8, 4) is 5.75 Å². The van der Waals surface area contributed by atoms with Crippen LogP contribution in [0.1, 0.15) is 10.4 Å². The minimum Gasteiger partial charge on any atom is -0.497 e. The van der Waals surface area contributed by atoms with Crippen LogP contribution in [0.4, 0.5) is 15.9 Å². The van der Waals surface area contributed by atoms with E-state index in [1.54, 1.807) is 25.2 Å². The van der Waals surface area contributed by atoms with Crippen molar-refractivity contribution < 1.29 is 13.9 Å². The van der Waals surface area contributed by atoms with E-state index in [-0.39, 0.29) is 5.56 Å². The van der Waals surface area contributed by atoms with Crippen molar-refractivity contribution in [2.24, 2.45) is 0 Å². The molecule has 1 heterocycles. The summed E-state index contributed by atoms with van der Waals surface area (Å²) in [7, 11) is 3.14. The van der Waals surface area contributed by atoms with E-state index in [0.717, 1.165) is 16.7 Å². The van der Waals surface area contributed by atoms with E-state index in [1.165, 1.54) is 7.11 Å². The number of aromatic nitrogens is 1. The third kappa shape index (κ3) is 3.69. The van der Waals surface area contributed by atoms with Crippen LogP contribution >= 0.6 is 15.9 Å². The molecule has 2 rings (SSSR count). The summed E-state index contributed by atoms with van der Waals surface area (Å²) in [6, 6.07) is 6.27. The van der Waals surface area contributed by atoms with Gasteiger partial charge in [0.2, 0.25) is 0 Å². The summed E-state index contributed by atoms with van der Waals surface area (Å²) in [5.41, 5.74) is 0.647. The van der Waals surface area contributed by atoms with Crippen molar-refractivity contribution in [2.45, 2.75) is 0 Å². The summed E-state index contributed by atoms with van der Waals surface area (Å²) in [4.78, 5) is 16.1. The molecule has 2 aromatic rings. The van der Waals surface area contributed by atoms with Crippen molar-refractivity contribution in [3.05, 3.63) is 46.3 Å². The van der Waals surface area contributed by atoms with Crippen molar-refractivity contribution in [2.75, 3.05) is 24.8 Å². The van der Waals surface area contributed by atoms with Gasteiger partial charge in [0.1, 0.15) is 17.4 Å². The van der Waals surface area contributed by atoms with Crippen LogP contribution in [0.2, 0.25) is 0 Å². The lowest BCUT2D eigenvalue weighted by molar-refractivity contribution is 0.102. The van der Waals surface area contributed by atoms with Gasteiger partial charge < -0.3 is 15.4 Å². The average molecular weight is 354 g/mol. The van der Waals surface area contributed by atoms with E-state index in [9.17, 15) is 9.18 Å². The normalized spacial score (nSPS) is 10.1. The SMILES string of the molecule is CNc1ncc(F)cc1C(=O)Nc1cc(Br)cc(OC)c1. The first-order valence-corrected chi connectivity index (χ1v) is 6.82. The lowest BCUT2D eigenvalue weighted by Gasteiger charge is -2.10. The number of hydrogen-bond acceptors (Lipinski definition) is 4. The molecular formula is C14H13BrFN3O2. The van der Waals surface area contributed by atoms with Crippen LogP contribution in [0.25, 0.3) is 0 Å². The van der Waals surface area contributed by atoms with Gasteiger partial charge in [-0.1, -0.05) is 15.9 Å². The van der Waals surface area contributed by atoms with E-state index in [1.807, 2.05) is 0 Å². The van der Waals surface area contributed by atoms with Gasteiger partial charge in [-0.15, -0.1) is 0 Å². The van der Waals surface area contributed by atoms with Gasteiger partial charge in [-0.25, -0.2) is 9.37 Å². The summed E-state index contributed by atoms with van der Waals surface area (Å²) in [5, 5.41) is 5.43. The monoisotopic (exact) mass is 353 g/mol. The van der Waals surface area contributed by atoms with Crippen molar-refractivity contribution >= 4 is 33.3 Å². The first-order valence-electron chi connectivity index (χ1n) is 6.02. The molecule has 1 aromatic heterocycles. The number of ether oxygens (including phenoxy) is 1. The summed E-state index contributed by atoms with van der Waals surface area (Å²) >= 11 is 3.32. The third-order valence-electron chi connectivity index (χ3n) is 2.70. The maximum absolute atomic E-state index is 13.3. The predicted molar refractivity (Wildman–Crippen MR) is 82.4 cm³/mol. The Kier molecular flexibility index (Phi) is 4.74. The highest BCUT2D eigenvalue weighted by molar-refractivity contribution is 9.10. The molecule has 1 aromatic carbocycles. The number of hydrogen-bond donors (Lipinski definition) is 2. The van der Waals surface area contributed by atoms with Crippen LogP contribution in [0, 0.1) is 5.82 Å². The average Bonchev–Trinajstić information content (AvgIpc) is 2.46. The van der Waals surface area contributed by atoms with Crippen LogP contribution in [-0.2, 0) is 0 Å². The molecule has 0 fully saturated rings. The number of amides is 1. The van der Waals surface area contributed by atoms with Gasteiger partial charge in [-0.05, 0) is 18.2 Å². The molecule has 0 atom stereocenters. The van der Waals surface area contributed by atoms with Crippen molar-refractivity contribution in [1.82, 2.24) is 4.98 Å². The Labute approximate surface area is 129 Å². The number of methoxy groups -OCH3 is 1. The Balaban J connectivity index is 2.30. The molecule has 0 radical (unpaired) electrons. The Morgan fingerprint density at radius 3 is 2.76 bits per heavy atom. The largest absolute Gasteiger partial charge is 0.497 e. The molecule has 1 amide bonds. The van der Waals surface area contributed by atoms with Gasteiger partial charge in [0.15, 0.2) is 0 Å². The van der Waals surface area contributed by atoms with E-state index in [2.05, 4.69) is 31.5 Å². The lowest BCUT2D eigenvalue weighted by Crippen LogP contribution is -2.15. The highest BCUT2D eigenvalue weighted by Crippen LogP contribution is 2.25. The van der Waals surface area contributed by atoms with Crippen LogP contribution in [0.5, 0.6) is 5.75 Å². The Morgan fingerprint density at radius 2 is 2.10 bits per heavy atom. The predicted octanol–water partition coefficient (Wildman–Crippen LogP) is 3.29. The molecule has 5 nitrogen and oxygen atoms in total. The third-order valence-corrected chi connectivity index (χ3v) is 3.16. The quantitative estimate of drug-likeness (QED) is 0.885. The molecule has 21 heavy (non-hydrogen) atoms. The smallest absolute Gasteiger partial charge is 0.259 e. The van der Waals surface area contributed by atoms with E-state index >= 15 is 0 Å². The molecule has 110 valence electrons. The summed E-state index contributed by atoms with van der Waals surface area (Å²) in [5.74, 6) is -0.154. The number of benzene rings is 1. The number of anilines is 2. The molecule has 0 unspecified atom stereocenters. The molecule has 0 saturated carbocycles. The van der Waals surface area contributed by atoms with Crippen LogP contribution < -0.4 is 15.4 Å². The van der Waals surface area contributed by atoms with E-state index in [0.29, 0.717) is 17.3 Å². The first kappa shape index (κ1) is 15.2. The Bertz CT molecular complexity index is 679. The molecular weight excluding hydrogens is 341 g/mol. The van der Waals surface area contributed by atoms with Gasteiger partial charge in [-0.2, -0.15) is 0 Å². The molecule has 2 N–H and O–H groups in total. The second-order valence-electron chi connectivity index (χ2n) is 4.13. The zero-order valence-corrected chi connectivity index (χ0v) is 13.0. The number of carbonyl (C=O) groups excluding carboxylic acids is 1. The van der Waals surface area contributed by atoms with E-state index in [4.69, 9.17) is 4.74 Å². The Morgan fingerprint density at radius 1 is 1.33 bits per heavy atom. The van der Waals surface area contributed by atoms with Crippen molar-refractivity contribution in [1.29, 1.82) is 0 Å². The van der Waals surface area contributed by atoms with Crippen LogP contribution in [-0.4, -0.2) is 25.0 Å². The molecule has 0 bridgehead atoms. The molecule has 0 spiro atoms. The molecule has 0 aliphatic rings. The zero-order chi connectivity index (χ0) is 15.4. The summed E-state index contributed by atoms with van der Waals surface area (Å²) in [6.07, 6.45) is 1.05. The fourth-order valence-corrected chi connectivity index (χ4v) is 2.23. The number of pyridine rings is 1. The maximum atomic E-state index is 13.3. The number of rotatable bonds is 4. The van der Waals surface area contributed by atoms with Crippen molar-refractivity contribution in [3.63, 3.8) is 0 Å². The number of nitrogens with one attached hydrogen (secondary N) is 2. The molecule has 0 aliphatic carbocycles. The topological polar surface area (TPSA) is 63.2 Å². The second-order valence-corrected chi connectivity index (χ2v) is 5.05. The molecule has 7 heteroatoms. The highest BCUT2D eigenvalue weighted by atomic mass is 79.9. The number of halogens is 2. The number of nitrogens with zero attached hydrogens (tertiary/aromatic N) is 1. The summed E-state index contributed by atoms with van der Waals surface area (Å²) < 4.78 is 19.1. The minimum absolute atomic E-state index is 0.122. The maximum Gasteiger partial charge on any atom is 0.259 e. The van der Waals surface area contributed by atoms with Crippen LogP contribution in [0.3, 0.4) is 0 Å². The lowest BCUT2D eigenvalue weighted by atomic mass is 10.2. The standard InChI is InChI=1S/C14H13BrFN3O2/c1-17-13-12(5-9(16)7-18-13)14(20)19-10-3-8(15)4-11(6-10)21-2/h3-7H,1-2H3,(H,17,18)(H,19,20). The van der Waals surface area contributed by atoms with Gasteiger partial charge in [-0.3, -0.25) is 4.79 Å². The molecule has 0 aliphatic heterocycles. The minimum atomic E-state index is -0.578. The van der Waals surface area contributed by atoms with E-state index < -0.39 is 11.7 Å². The Hall–Kier alpha value is -2.15. The second kappa shape index (κ2) is 6.53. The fraction of sp³-hybridized carbons (Fsp3) is 0.143. The number of carbonyl (C=O) groups is 1. The summed E-state index contributed by atoms with van der Waals surface area (Å²) in [6.45, 7) is 0.